The van der Waals surface area contributed by atoms with E-state index in [1.165, 1.54) is 12.1 Å². The van der Waals surface area contributed by atoms with Gasteiger partial charge in [-0.05, 0) is 49.1 Å². The molecule has 0 spiro atoms. The first-order chi connectivity index (χ1) is 7.31. The molecule has 1 unspecified atom stereocenters. The molecule has 1 N–H and O–H groups in total. The number of hydrogen-bond donors (Lipinski definition) is 1. The number of nitrogens with one attached hydrogen (secondary N) is 1. The van der Waals surface area contributed by atoms with E-state index in [9.17, 15) is 4.39 Å². The molecule has 2 nitrogen and oxygen atoms in total. The lowest BCUT2D eigenvalue weighted by molar-refractivity contribution is 0.446. The molecule has 15 heavy (non-hydrogen) atoms. The summed E-state index contributed by atoms with van der Waals surface area (Å²) in [6.07, 6.45) is 2.07. The summed E-state index contributed by atoms with van der Waals surface area (Å²) in [5.74, 6) is 0.0229. The van der Waals surface area contributed by atoms with Crippen molar-refractivity contribution >= 4 is 0 Å². The van der Waals surface area contributed by atoms with Crippen LogP contribution in [0.2, 0.25) is 0 Å². The van der Waals surface area contributed by atoms with E-state index in [1.807, 2.05) is 6.07 Å². The summed E-state index contributed by atoms with van der Waals surface area (Å²) < 4.78 is 13.6. The van der Waals surface area contributed by atoms with Gasteiger partial charge in [0.1, 0.15) is 5.82 Å². The average Bonchev–Trinajstić information content (AvgIpc) is 2.31. The lowest BCUT2D eigenvalue weighted by Gasteiger charge is -2.23. The Balaban J connectivity index is 2.29. The Bertz CT molecular complexity index is 389. The lowest BCUT2D eigenvalue weighted by Crippen LogP contribution is -2.28. The molecular weight excluding hydrogens is 191 g/mol. The van der Waals surface area contributed by atoms with Crippen molar-refractivity contribution in [2.75, 3.05) is 13.1 Å². The number of nitriles is 1. The zero-order valence-electron chi connectivity index (χ0n) is 8.46. The standard InChI is InChI=1S/C12H13FN2/c13-12-4-3-9(7-14)6-11(12)10-2-1-5-15-8-10/h3-4,6,10,15H,1-2,5,8H2. The molecule has 0 amide bonds. The summed E-state index contributed by atoms with van der Waals surface area (Å²) in [5, 5.41) is 12.0. The first-order valence-electron chi connectivity index (χ1n) is 5.21. The van der Waals surface area contributed by atoms with Gasteiger partial charge in [0.2, 0.25) is 0 Å². The third-order valence-electron chi connectivity index (χ3n) is 2.86. The monoisotopic (exact) mass is 204 g/mol. The molecule has 78 valence electrons. The molecule has 0 aromatic heterocycles. The summed E-state index contributed by atoms with van der Waals surface area (Å²) in [7, 11) is 0. The first-order valence-corrected chi connectivity index (χ1v) is 5.21. The Morgan fingerprint density at radius 2 is 2.33 bits per heavy atom. The minimum Gasteiger partial charge on any atom is -0.316 e. The van der Waals surface area contributed by atoms with Crippen LogP contribution in [0.1, 0.15) is 29.9 Å². The highest BCUT2D eigenvalue weighted by molar-refractivity contribution is 5.35. The maximum atomic E-state index is 13.6. The van der Waals surface area contributed by atoms with Crippen molar-refractivity contribution in [2.24, 2.45) is 0 Å². The Morgan fingerprint density at radius 1 is 1.47 bits per heavy atom. The molecule has 1 aromatic carbocycles. The van der Waals surface area contributed by atoms with Crippen LogP contribution < -0.4 is 5.32 Å². The summed E-state index contributed by atoms with van der Waals surface area (Å²) in [5.41, 5.74) is 1.22. The molecule has 1 aromatic rings. The van der Waals surface area contributed by atoms with Crippen LogP contribution in [0.25, 0.3) is 0 Å². The minimum atomic E-state index is -0.192. The quantitative estimate of drug-likeness (QED) is 0.761. The van der Waals surface area contributed by atoms with Crippen LogP contribution in [-0.4, -0.2) is 13.1 Å². The number of nitrogens with zero attached hydrogens (tertiary/aromatic N) is 1. The van der Waals surface area contributed by atoms with E-state index in [4.69, 9.17) is 5.26 Å². The number of hydrogen-bond acceptors (Lipinski definition) is 2. The van der Waals surface area contributed by atoms with Crippen molar-refractivity contribution in [1.82, 2.24) is 5.32 Å². The van der Waals surface area contributed by atoms with Crippen molar-refractivity contribution in [1.29, 1.82) is 5.26 Å². The van der Waals surface area contributed by atoms with Gasteiger partial charge in [-0.2, -0.15) is 5.26 Å². The second kappa shape index (κ2) is 4.41. The van der Waals surface area contributed by atoms with E-state index >= 15 is 0 Å². The molecular formula is C12H13FN2. The van der Waals surface area contributed by atoms with Gasteiger partial charge in [-0.25, -0.2) is 4.39 Å². The highest BCUT2D eigenvalue weighted by Gasteiger charge is 2.18. The SMILES string of the molecule is N#Cc1ccc(F)c(C2CCCNC2)c1. The van der Waals surface area contributed by atoms with E-state index in [2.05, 4.69) is 5.32 Å². The molecule has 1 aliphatic heterocycles. The minimum absolute atomic E-state index is 0.192. The van der Waals surface area contributed by atoms with Crippen LogP contribution in [0, 0.1) is 17.1 Å². The fourth-order valence-corrected chi connectivity index (χ4v) is 2.04. The van der Waals surface area contributed by atoms with Gasteiger partial charge >= 0.3 is 0 Å². The van der Waals surface area contributed by atoms with Gasteiger partial charge in [-0.15, -0.1) is 0 Å². The summed E-state index contributed by atoms with van der Waals surface area (Å²) in [4.78, 5) is 0. The Kier molecular flexibility index (Phi) is 2.98. The molecule has 3 heteroatoms. The molecule has 0 saturated carbocycles. The van der Waals surface area contributed by atoms with Crippen molar-refractivity contribution in [3.63, 3.8) is 0 Å². The van der Waals surface area contributed by atoms with Crippen LogP contribution in [-0.2, 0) is 0 Å². The average molecular weight is 204 g/mol. The van der Waals surface area contributed by atoms with Gasteiger partial charge in [0.05, 0.1) is 11.6 Å². The maximum absolute atomic E-state index is 13.6. The third kappa shape index (κ3) is 2.16. The second-order valence-electron chi connectivity index (χ2n) is 3.89. The smallest absolute Gasteiger partial charge is 0.126 e. The molecule has 1 fully saturated rings. The molecule has 1 aliphatic rings. The largest absolute Gasteiger partial charge is 0.316 e. The van der Waals surface area contributed by atoms with Crippen molar-refractivity contribution < 1.29 is 4.39 Å². The molecule has 1 heterocycles. The molecule has 2 rings (SSSR count). The normalized spacial score (nSPS) is 20.9. The van der Waals surface area contributed by atoms with Gasteiger partial charge in [0.15, 0.2) is 0 Å². The van der Waals surface area contributed by atoms with Crippen LogP contribution in [0.5, 0.6) is 0 Å². The summed E-state index contributed by atoms with van der Waals surface area (Å²) in [6.45, 7) is 1.82. The predicted octanol–water partition coefficient (Wildman–Crippen LogP) is 2.16. The van der Waals surface area contributed by atoms with Gasteiger partial charge in [0, 0.05) is 6.54 Å². The highest BCUT2D eigenvalue weighted by atomic mass is 19.1. The summed E-state index contributed by atoms with van der Waals surface area (Å²) in [6, 6.07) is 6.63. The molecule has 1 saturated heterocycles. The Hall–Kier alpha value is -1.40. The van der Waals surface area contributed by atoms with Crippen LogP contribution in [0.15, 0.2) is 18.2 Å². The van der Waals surface area contributed by atoms with Crippen LogP contribution in [0.4, 0.5) is 4.39 Å². The van der Waals surface area contributed by atoms with Crippen molar-refractivity contribution in [3.05, 3.63) is 35.1 Å². The van der Waals surface area contributed by atoms with E-state index in [0.717, 1.165) is 25.9 Å². The van der Waals surface area contributed by atoms with Crippen LogP contribution in [0.3, 0.4) is 0 Å². The van der Waals surface area contributed by atoms with Gasteiger partial charge in [0.25, 0.3) is 0 Å². The fraction of sp³-hybridized carbons (Fsp3) is 0.417. The Morgan fingerprint density at radius 3 is 3.00 bits per heavy atom. The number of halogens is 1. The highest BCUT2D eigenvalue weighted by Crippen LogP contribution is 2.26. The topological polar surface area (TPSA) is 35.8 Å². The summed E-state index contributed by atoms with van der Waals surface area (Å²) >= 11 is 0. The van der Waals surface area contributed by atoms with Gasteiger partial charge < -0.3 is 5.32 Å². The van der Waals surface area contributed by atoms with Gasteiger partial charge in [-0.3, -0.25) is 0 Å². The molecule has 0 aliphatic carbocycles. The fourth-order valence-electron chi connectivity index (χ4n) is 2.04. The predicted molar refractivity (Wildman–Crippen MR) is 56.0 cm³/mol. The maximum Gasteiger partial charge on any atom is 0.126 e. The second-order valence-corrected chi connectivity index (χ2v) is 3.89. The third-order valence-corrected chi connectivity index (χ3v) is 2.86. The number of piperidine rings is 1. The number of benzene rings is 1. The zero-order chi connectivity index (χ0) is 10.7. The Labute approximate surface area is 88.7 Å². The molecule has 0 bridgehead atoms. The molecule has 1 atom stereocenters. The van der Waals surface area contributed by atoms with Gasteiger partial charge in [-0.1, -0.05) is 0 Å². The number of rotatable bonds is 1. The van der Waals surface area contributed by atoms with Crippen molar-refractivity contribution in [3.8, 4) is 6.07 Å². The van der Waals surface area contributed by atoms with E-state index in [-0.39, 0.29) is 11.7 Å². The van der Waals surface area contributed by atoms with E-state index in [0.29, 0.717) is 11.1 Å². The van der Waals surface area contributed by atoms with Crippen LogP contribution >= 0.6 is 0 Å². The lowest BCUT2D eigenvalue weighted by atomic mass is 9.90. The van der Waals surface area contributed by atoms with E-state index in [1.54, 1.807) is 6.07 Å². The van der Waals surface area contributed by atoms with E-state index < -0.39 is 0 Å². The zero-order valence-corrected chi connectivity index (χ0v) is 8.46. The molecule has 0 radical (unpaired) electrons. The first kappa shape index (κ1) is 10.1. The van der Waals surface area contributed by atoms with Crippen molar-refractivity contribution in [2.45, 2.75) is 18.8 Å².